The lowest BCUT2D eigenvalue weighted by Gasteiger charge is -2.23. The summed E-state index contributed by atoms with van der Waals surface area (Å²) in [4.78, 5) is 22.7. The molecule has 0 radical (unpaired) electrons. The Balaban J connectivity index is 2.06. The average molecular weight is 386 g/mol. The van der Waals surface area contributed by atoms with Gasteiger partial charge in [-0.1, -0.05) is 11.6 Å². The van der Waals surface area contributed by atoms with Gasteiger partial charge in [-0.15, -0.1) is 0 Å². The lowest BCUT2D eigenvalue weighted by molar-refractivity contribution is -0.136. The van der Waals surface area contributed by atoms with Crippen LogP contribution in [0.5, 0.6) is 5.75 Å². The van der Waals surface area contributed by atoms with Gasteiger partial charge in [-0.25, -0.2) is 4.52 Å². The molecule has 1 aliphatic heterocycles. The van der Waals surface area contributed by atoms with Crippen LogP contribution in [-0.2, 0) is 11.2 Å². The summed E-state index contributed by atoms with van der Waals surface area (Å²) < 4.78 is 7.20. The molecule has 0 fully saturated rings. The van der Waals surface area contributed by atoms with Crippen LogP contribution in [0.2, 0.25) is 5.02 Å². The zero-order valence-electron chi connectivity index (χ0n) is 14.5. The number of halogens is 1. The molecule has 3 heterocycles. The number of ether oxygens (including phenoxy) is 1. The van der Waals surface area contributed by atoms with Crippen molar-refractivity contribution in [2.45, 2.75) is 13.3 Å². The molecule has 0 atom stereocenters. The molecule has 138 valence electrons. The molecule has 0 saturated carbocycles. The van der Waals surface area contributed by atoms with E-state index in [0.29, 0.717) is 58.1 Å². The molecule has 27 heavy (non-hydrogen) atoms. The maximum Gasteiger partial charge on any atom is 0.307 e. The predicted octanol–water partition coefficient (Wildman–Crippen LogP) is 3.21. The van der Waals surface area contributed by atoms with Crippen LogP contribution < -0.4 is 10.1 Å². The second-order valence-electron chi connectivity index (χ2n) is 6.33. The molecule has 0 aliphatic carbocycles. The standard InChI is InChI=1S/C19H16ClN3O4/c1-10-8-23-14(6-11(9-24)22-23)17(13(10)7-16(25)26)12-2-3-15-19(18(12)20)21-4-5-27-15/h2-3,6,8-9,21H,4-5,7H2,1H3,(H,25,26). The Bertz CT molecular complexity index is 1090. The Morgan fingerprint density at radius 3 is 3.04 bits per heavy atom. The third-order valence-electron chi connectivity index (χ3n) is 4.59. The van der Waals surface area contributed by atoms with Gasteiger partial charge in [-0.2, -0.15) is 5.10 Å². The Morgan fingerprint density at radius 2 is 2.30 bits per heavy atom. The highest BCUT2D eigenvalue weighted by molar-refractivity contribution is 6.36. The number of benzene rings is 1. The van der Waals surface area contributed by atoms with Crippen LogP contribution in [0.3, 0.4) is 0 Å². The molecule has 2 N–H and O–H groups in total. The van der Waals surface area contributed by atoms with E-state index in [1.165, 1.54) is 0 Å². The molecule has 0 amide bonds. The van der Waals surface area contributed by atoms with Gasteiger partial charge in [0, 0.05) is 23.9 Å². The van der Waals surface area contributed by atoms with Gasteiger partial charge in [0.15, 0.2) is 6.29 Å². The number of carbonyl (C=O) groups excluding carboxylic acids is 1. The number of hydrogen-bond acceptors (Lipinski definition) is 5. The number of aromatic nitrogens is 2. The van der Waals surface area contributed by atoms with E-state index in [9.17, 15) is 14.7 Å². The highest BCUT2D eigenvalue weighted by Gasteiger charge is 2.23. The van der Waals surface area contributed by atoms with Crippen molar-refractivity contribution in [3.05, 3.63) is 46.2 Å². The summed E-state index contributed by atoms with van der Waals surface area (Å²) >= 11 is 6.67. The number of carbonyl (C=O) groups is 2. The van der Waals surface area contributed by atoms with Crippen molar-refractivity contribution in [3.8, 4) is 16.9 Å². The molecule has 1 aromatic carbocycles. The normalized spacial score (nSPS) is 13.0. The summed E-state index contributed by atoms with van der Waals surface area (Å²) in [6, 6.07) is 5.25. The summed E-state index contributed by atoms with van der Waals surface area (Å²) in [6.07, 6.45) is 2.21. The van der Waals surface area contributed by atoms with E-state index < -0.39 is 5.97 Å². The first-order chi connectivity index (χ1) is 13.0. The van der Waals surface area contributed by atoms with Gasteiger partial charge in [0.05, 0.1) is 22.6 Å². The number of hydrogen-bond donors (Lipinski definition) is 2. The molecule has 0 bridgehead atoms. The van der Waals surface area contributed by atoms with Crippen LogP contribution in [0.25, 0.3) is 16.6 Å². The molecule has 2 aromatic heterocycles. The summed E-state index contributed by atoms with van der Waals surface area (Å²) in [5.74, 6) is -0.296. The van der Waals surface area contributed by atoms with E-state index in [-0.39, 0.29) is 12.1 Å². The molecule has 8 heteroatoms. The number of carboxylic acid groups (broad SMARTS) is 1. The number of rotatable bonds is 4. The van der Waals surface area contributed by atoms with Crippen molar-refractivity contribution in [2.75, 3.05) is 18.5 Å². The predicted molar refractivity (Wildman–Crippen MR) is 101 cm³/mol. The first-order valence-corrected chi connectivity index (χ1v) is 8.75. The Labute approximate surface area is 159 Å². The number of aldehydes is 1. The summed E-state index contributed by atoms with van der Waals surface area (Å²) in [5, 5.41) is 17.3. The Morgan fingerprint density at radius 1 is 1.48 bits per heavy atom. The zero-order valence-corrected chi connectivity index (χ0v) is 15.2. The van der Waals surface area contributed by atoms with Gasteiger partial charge in [-0.05, 0) is 36.2 Å². The Hall–Kier alpha value is -3.06. The van der Waals surface area contributed by atoms with Gasteiger partial charge in [0.1, 0.15) is 18.1 Å². The molecular weight excluding hydrogens is 370 g/mol. The van der Waals surface area contributed by atoms with Crippen LogP contribution in [0, 0.1) is 6.92 Å². The zero-order chi connectivity index (χ0) is 19.1. The minimum absolute atomic E-state index is 0.170. The number of carboxylic acids is 1. The van der Waals surface area contributed by atoms with Crippen molar-refractivity contribution in [3.63, 3.8) is 0 Å². The van der Waals surface area contributed by atoms with E-state index in [0.717, 1.165) is 5.56 Å². The minimum atomic E-state index is -0.950. The van der Waals surface area contributed by atoms with E-state index in [1.54, 1.807) is 16.8 Å². The monoisotopic (exact) mass is 385 g/mol. The third kappa shape index (κ3) is 2.90. The molecular formula is C19H16ClN3O4. The number of aliphatic carboxylic acids is 1. The van der Waals surface area contributed by atoms with Crippen molar-refractivity contribution in [1.29, 1.82) is 0 Å². The third-order valence-corrected chi connectivity index (χ3v) is 4.98. The quantitative estimate of drug-likeness (QED) is 0.670. The molecule has 1 aliphatic rings. The van der Waals surface area contributed by atoms with Gasteiger partial charge in [-0.3, -0.25) is 9.59 Å². The number of nitrogens with one attached hydrogen (secondary N) is 1. The summed E-state index contributed by atoms with van der Waals surface area (Å²) in [6.45, 7) is 2.99. The fourth-order valence-corrected chi connectivity index (χ4v) is 3.74. The van der Waals surface area contributed by atoms with Crippen LogP contribution in [0.4, 0.5) is 5.69 Å². The lowest BCUT2D eigenvalue weighted by atomic mass is 9.93. The molecule has 0 unspecified atom stereocenters. The number of fused-ring (bicyclic) bond motifs is 2. The van der Waals surface area contributed by atoms with Crippen molar-refractivity contribution < 1.29 is 19.4 Å². The largest absolute Gasteiger partial charge is 0.490 e. The molecule has 7 nitrogen and oxygen atoms in total. The SMILES string of the molecule is Cc1cn2nc(C=O)cc2c(-c2ccc3c(c2Cl)NCCO3)c1CC(=O)O. The first kappa shape index (κ1) is 17.4. The minimum Gasteiger partial charge on any atom is -0.490 e. The van der Waals surface area contributed by atoms with Crippen LogP contribution in [0.15, 0.2) is 24.4 Å². The highest BCUT2D eigenvalue weighted by atomic mass is 35.5. The number of pyridine rings is 1. The highest BCUT2D eigenvalue weighted by Crippen LogP contribution is 2.44. The topological polar surface area (TPSA) is 92.9 Å². The maximum atomic E-state index is 11.5. The second kappa shape index (κ2) is 6.59. The molecule has 0 spiro atoms. The van der Waals surface area contributed by atoms with Crippen molar-refractivity contribution in [1.82, 2.24) is 9.61 Å². The van der Waals surface area contributed by atoms with Crippen LogP contribution in [0.1, 0.15) is 21.6 Å². The number of aryl methyl sites for hydroxylation is 1. The molecule has 3 aromatic rings. The maximum absolute atomic E-state index is 11.5. The van der Waals surface area contributed by atoms with Crippen LogP contribution >= 0.6 is 11.6 Å². The average Bonchev–Trinajstić information content (AvgIpc) is 3.06. The first-order valence-electron chi connectivity index (χ1n) is 8.38. The van der Waals surface area contributed by atoms with E-state index in [2.05, 4.69) is 10.4 Å². The smallest absolute Gasteiger partial charge is 0.307 e. The number of nitrogens with zero attached hydrogens (tertiary/aromatic N) is 2. The van der Waals surface area contributed by atoms with E-state index in [1.807, 2.05) is 19.1 Å². The number of anilines is 1. The van der Waals surface area contributed by atoms with Crippen molar-refractivity contribution in [2.24, 2.45) is 0 Å². The molecule has 0 saturated heterocycles. The lowest BCUT2D eigenvalue weighted by Crippen LogP contribution is -2.18. The fraction of sp³-hybridized carbons (Fsp3) is 0.211. The summed E-state index contributed by atoms with van der Waals surface area (Å²) in [7, 11) is 0. The van der Waals surface area contributed by atoms with Crippen molar-refractivity contribution >= 4 is 35.1 Å². The second-order valence-corrected chi connectivity index (χ2v) is 6.71. The Kier molecular flexibility index (Phi) is 4.24. The fourth-order valence-electron chi connectivity index (χ4n) is 3.42. The van der Waals surface area contributed by atoms with Gasteiger partial charge < -0.3 is 15.2 Å². The summed E-state index contributed by atoms with van der Waals surface area (Å²) in [5.41, 5.74) is 4.26. The van der Waals surface area contributed by atoms with Gasteiger partial charge in [0.2, 0.25) is 0 Å². The van der Waals surface area contributed by atoms with Crippen LogP contribution in [-0.4, -0.2) is 40.1 Å². The molecule has 4 rings (SSSR count). The van der Waals surface area contributed by atoms with Gasteiger partial charge >= 0.3 is 5.97 Å². The van der Waals surface area contributed by atoms with Gasteiger partial charge in [0.25, 0.3) is 0 Å². The van der Waals surface area contributed by atoms with E-state index in [4.69, 9.17) is 16.3 Å². The van der Waals surface area contributed by atoms with E-state index >= 15 is 0 Å².